The quantitative estimate of drug-likeness (QED) is 0.855. The number of rotatable bonds is 6. The van der Waals surface area contributed by atoms with Crippen molar-refractivity contribution in [3.63, 3.8) is 0 Å². The van der Waals surface area contributed by atoms with Crippen molar-refractivity contribution in [2.24, 2.45) is 5.92 Å². The van der Waals surface area contributed by atoms with Crippen LogP contribution in [0.1, 0.15) is 23.4 Å². The zero-order valence-electron chi connectivity index (χ0n) is 13.7. The van der Waals surface area contributed by atoms with E-state index in [1.807, 2.05) is 31.2 Å². The van der Waals surface area contributed by atoms with Gasteiger partial charge in [0.15, 0.2) is 5.13 Å². The van der Waals surface area contributed by atoms with E-state index in [9.17, 15) is 0 Å². The summed E-state index contributed by atoms with van der Waals surface area (Å²) in [5, 5.41) is 18.1. The minimum atomic E-state index is -0.0395. The first kappa shape index (κ1) is 16.4. The highest BCUT2D eigenvalue weighted by Crippen LogP contribution is 2.25. The van der Waals surface area contributed by atoms with Gasteiger partial charge in [0.05, 0.1) is 12.8 Å². The first-order valence-electron chi connectivity index (χ1n) is 7.98. The number of hydrogen-bond acceptors (Lipinski definition) is 7. The average Bonchev–Trinajstić information content (AvgIpc) is 3.18. The number of piperidine rings is 1. The van der Waals surface area contributed by atoms with Crippen LogP contribution in [0.5, 0.6) is 0 Å². The summed E-state index contributed by atoms with van der Waals surface area (Å²) in [7, 11) is 4.06. The highest BCUT2D eigenvalue weighted by atomic mass is 32.1. The van der Waals surface area contributed by atoms with Crippen LogP contribution in [0.4, 0.5) is 5.13 Å². The van der Waals surface area contributed by atoms with E-state index in [1.54, 1.807) is 11.3 Å². The molecule has 1 N–H and O–H groups in total. The molecule has 8 heteroatoms. The Morgan fingerprint density at radius 3 is 2.74 bits per heavy atom. The van der Waals surface area contributed by atoms with Gasteiger partial charge in [-0.2, -0.15) is 0 Å². The second-order valence-corrected chi connectivity index (χ2v) is 7.41. The van der Waals surface area contributed by atoms with E-state index in [1.165, 1.54) is 17.7 Å². The van der Waals surface area contributed by atoms with Gasteiger partial charge in [-0.3, -0.25) is 9.58 Å². The van der Waals surface area contributed by atoms with Gasteiger partial charge in [-0.25, -0.2) is 4.98 Å². The molecule has 23 heavy (non-hydrogen) atoms. The van der Waals surface area contributed by atoms with Crippen molar-refractivity contribution in [2.75, 3.05) is 32.1 Å². The van der Waals surface area contributed by atoms with E-state index in [2.05, 4.69) is 25.1 Å². The number of hydrogen-bond donors (Lipinski definition) is 1. The molecule has 1 aliphatic heterocycles. The molecule has 126 valence electrons. The van der Waals surface area contributed by atoms with Crippen LogP contribution in [0.3, 0.4) is 0 Å². The van der Waals surface area contributed by atoms with E-state index in [0.717, 1.165) is 31.3 Å². The van der Waals surface area contributed by atoms with Crippen molar-refractivity contribution in [1.29, 1.82) is 0 Å². The largest absolute Gasteiger partial charge is 0.390 e. The van der Waals surface area contributed by atoms with Gasteiger partial charge in [0.25, 0.3) is 0 Å². The summed E-state index contributed by atoms with van der Waals surface area (Å²) in [4.78, 5) is 10.3. The van der Waals surface area contributed by atoms with Crippen molar-refractivity contribution in [1.82, 2.24) is 24.9 Å². The Bertz CT molecular complexity index is 617. The van der Waals surface area contributed by atoms with Crippen LogP contribution in [0.2, 0.25) is 0 Å². The molecule has 0 unspecified atom stereocenters. The van der Waals surface area contributed by atoms with Crippen LogP contribution in [0, 0.1) is 5.92 Å². The molecule has 0 amide bonds. The molecule has 1 saturated heterocycles. The molecule has 0 saturated carbocycles. The number of aliphatic hydroxyl groups is 1. The van der Waals surface area contributed by atoms with Gasteiger partial charge in [0, 0.05) is 38.3 Å². The Balaban J connectivity index is 1.46. The number of thiazole rings is 1. The molecule has 0 spiro atoms. The minimum absolute atomic E-state index is 0.0395. The third-order valence-electron chi connectivity index (χ3n) is 4.20. The monoisotopic (exact) mass is 336 g/mol. The van der Waals surface area contributed by atoms with Crippen LogP contribution in [0.25, 0.3) is 0 Å². The SMILES string of the molecule is CN(C)c1ncc(CN2CCC(Cn3cc(CO)nn3)CC2)s1. The lowest BCUT2D eigenvalue weighted by Gasteiger charge is -2.31. The van der Waals surface area contributed by atoms with Crippen LogP contribution in [-0.2, 0) is 19.7 Å². The molecule has 1 aliphatic rings. The molecule has 0 aromatic carbocycles. The summed E-state index contributed by atoms with van der Waals surface area (Å²) in [5.74, 6) is 0.637. The van der Waals surface area contributed by atoms with E-state index in [4.69, 9.17) is 5.11 Å². The van der Waals surface area contributed by atoms with Crippen LogP contribution in [-0.4, -0.2) is 57.2 Å². The number of likely N-dealkylation sites (tertiary alicyclic amines) is 1. The molecule has 7 nitrogen and oxygen atoms in total. The molecular formula is C15H24N6OS. The predicted molar refractivity (Wildman–Crippen MR) is 90.4 cm³/mol. The number of anilines is 1. The number of nitrogens with zero attached hydrogens (tertiary/aromatic N) is 6. The van der Waals surface area contributed by atoms with Gasteiger partial charge in [-0.1, -0.05) is 5.21 Å². The lowest BCUT2D eigenvalue weighted by atomic mass is 9.97. The van der Waals surface area contributed by atoms with E-state index < -0.39 is 0 Å². The summed E-state index contributed by atoms with van der Waals surface area (Å²) < 4.78 is 1.86. The highest BCUT2D eigenvalue weighted by Gasteiger charge is 2.20. The minimum Gasteiger partial charge on any atom is -0.390 e. The lowest BCUT2D eigenvalue weighted by Crippen LogP contribution is -2.34. The van der Waals surface area contributed by atoms with Gasteiger partial charge in [-0.15, -0.1) is 16.4 Å². The Morgan fingerprint density at radius 1 is 1.35 bits per heavy atom. The Hall–Kier alpha value is -1.51. The Morgan fingerprint density at radius 2 is 2.13 bits per heavy atom. The van der Waals surface area contributed by atoms with Gasteiger partial charge < -0.3 is 10.0 Å². The summed E-state index contributed by atoms with van der Waals surface area (Å²) in [5.41, 5.74) is 0.643. The van der Waals surface area contributed by atoms with Gasteiger partial charge in [0.2, 0.25) is 0 Å². The van der Waals surface area contributed by atoms with E-state index >= 15 is 0 Å². The van der Waals surface area contributed by atoms with Crippen molar-refractivity contribution < 1.29 is 5.11 Å². The molecule has 0 aliphatic carbocycles. The molecule has 3 heterocycles. The maximum absolute atomic E-state index is 9.04. The Kier molecular flexibility index (Phi) is 5.24. The molecule has 0 bridgehead atoms. The summed E-state index contributed by atoms with van der Waals surface area (Å²) >= 11 is 1.77. The predicted octanol–water partition coefficient (Wildman–Crippen LogP) is 1.21. The molecule has 2 aromatic heterocycles. The number of aromatic nitrogens is 4. The van der Waals surface area contributed by atoms with Crippen molar-refractivity contribution in [3.8, 4) is 0 Å². The van der Waals surface area contributed by atoms with Crippen molar-refractivity contribution >= 4 is 16.5 Å². The first-order valence-corrected chi connectivity index (χ1v) is 8.80. The molecule has 2 aromatic rings. The molecule has 3 rings (SSSR count). The highest BCUT2D eigenvalue weighted by molar-refractivity contribution is 7.15. The van der Waals surface area contributed by atoms with Crippen molar-refractivity contribution in [2.45, 2.75) is 32.5 Å². The lowest BCUT2D eigenvalue weighted by molar-refractivity contribution is 0.165. The Labute approximate surface area is 140 Å². The van der Waals surface area contributed by atoms with Gasteiger partial charge in [-0.05, 0) is 31.8 Å². The fraction of sp³-hybridized carbons (Fsp3) is 0.667. The third kappa shape index (κ3) is 4.27. The molecule has 1 fully saturated rings. The van der Waals surface area contributed by atoms with Crippen LogP contribution >= 0.6 is 11.3 Å². The van der Waals surface area contributed by atoms with Gasteiger partial charge in [0.1, 0.15) is 5.69 Å². The molecular weight excluding hydrogens is 312 g/mol. The maximum atomic E-state index is 9.04. The number of aliphatic hydroxyl groups excluding tert-OH is 1. The van der Waals surface area contributed by atoms with Crippen molar-refractivity contribution in [3.05, 3.63) is 23.0 Å². The molecule has 0 radical (unpaired) electrons. The first-order chi connectivity index (χ1) is 11.1. The normalized spacial score (nSPS) is 16.8. The fourth-order valence-corrected chi connectivity index (χ4v) is 3.76. The van der Waals surface area contributed by atoms with Crippen LogP contribution < -0.4 is 4.90 Å². The molecule has 0 atom stereocenters. The second-order valence-electron chi connectivity index (χ2n) is 6.31. The smallest absolute Gasteiger partial charge is 0.185 e. The summed E-state index contributed by atoms with van der Waals surface area (Å²) in [6.45, 7) is 4.08. The standard InChI is InChI=1S/C15H24N6OS/c1-19(2)15-16-7-14(23-15)10-20-5-3-12(4-6-20)8-21-9-13(11-22)17-18-21/h7,9,12,22H,3-6,8,10-11H2,1-2H3. The van der Waals surface area contributed by atoms with Gasteiger partial charge >= 0.3 is 0 Å². The van der Waals surface area contributed by atoms with E-state index in [-0.39, 0.29) is 6.61 Å². The second kappa shape index (κ2) is 7.37. The summed E-state index contributed by atoms with van der Waals surface area (Å²) in [6, 6.07) is 0. The average molecular weight is 336 g/mol. The van der Waals surface area contributed by atoms with E-state index in [0.29, 0.717) is 11.6 Å². The zero-order chi connectivity index (χ0) is 16.2. The maximum Gasteiger partial charge on any atom is 0.185 e. The summed E-state index contributed by atoms with van der Waals surface area (Å²) in [6.07, 6.45) is 6.19. The fourth-order valence-electron chi connectivity index (χ4n) is 2.89. The zero-order valence-corrected chi connectivity index (χ0v) is 14.5. The van der Waals surface area contributed by atoms with Crippen LogP contribution in [0.15, 0.2) is 12.4 Å². The topological polar surface area (TPSA) is 70.3 Å². The third-order valence-corrected chi connectivity index (χ3v) is 5.35.